The van der Waals surface area contributed by atoms with Gasteiger partial charge in [0.15, 0.2) is 5.11 Å². The van der Waals surface area contributed by atoms with Crippen LogP contribution in [0.15, 0.2) is 78.0 Å². The van der Waals surface area contributed by atoms with Crippen molar-refractivity contribution in [1.29, 1.82) is 0 Å². The smallest absolute Gasteiger partial charge is 0.191 e. The van der Waals surface area contributed by atoms with E-state index >= 15 is 0 Å². The zero-order valence-electron chi connectivity index (χ0n) is 13.6. The van der Waals surface area contributed by atoms with Gasteiger partial charge in [0.05, 0.1) is 17.9 Å². The number of para-hydroxylation sites is 1. The molecule has 0 saturated heterocycles. The summed E-state index contributed by atoms with van der Waals surface area (Å²) in [5, 5.41) is 18.4. The Bertz CT molecular complexity index is 934. The molecule has 0 fully saturated rings. The van der Waals surface area contributed by atoms with Crippen molar-refractivity contribution in [3.05, 3.63) is 84.2 Å². The third kappa shape index (κ3) is 4.34. The minimum Gasteiger partial charge on any atom is -0.545 e. The fourth-order valence-electron chi connectivity index (χ4n) is 2.33. The predicted octanol–water partition coefficient (Wildman–Crippen LogP) is 2.16. The highest BCUT2D eigenvalue weighted by Gasteiger charge is 2.02. The number of carbonyl (C=O) groups excluding carboxylic acids is 1. The highest BCUT2D eigenvalue weighted by Crippen LogP contribution is 2.12. The van der Waals surface area contributed by atoms with E-state index in [1.54, 1.807) is 18.3 Å². The number of hydrogen-bond acceptors (Lipinski definition) is 4. The number of hydrazone groups is 1. The summed E-state index contributed by atoms with van der Waals surface area (Å²) in [7, 11) is 0. The van der Waals surface area contributed by atoms with Crippen molar-refractivity contribution in [3.8, 4) is 5.69 Å². The highest BCUT2D eigenvalue weighted by molar-refractivity contribution is 7.80. The predicted molar refractivity (Wildman–Crippen MR) is 103 cm³/mol. The Kier molecular flexibility index (Phi) is 5.40. The molecule has 2 aromatic carbocycles. The molecule has 0 aliphatic carbocycles. The fourth-order valence-corrected chi connectivity index (χ4v) is 2.50. The van der Waals surface area contributed by atoms with Crippen LogP contribution in [-0.4, -0.2) is 21.9 Å². The number of aromatic nitrogens is 1. The number of hydrogen-bond donors (Lipinski definition) is 2. The van der Waals surface area contributed by atoms with Gasteiger partial charge in [0, 0.05) is 17.6 Å². The Hall–Kier alpha value is -3.45. The van der Waals surface area contributed by atoms with Crippen LogP contribution in [0, 0.1) is 0 Å². The van der Waals surface area contributed by atoms with Gasteiger partial charge in [-0.05, 0) is 54.2 Å². The third-order valence-corrected chi connectivity index (χ3v) is 3.75. The average Bonchev–Trinajstić information content (AvgIpc) is 3.11. The summed E-state index contributed by atoms with van der Waals surface area (Å²) in [4.78, 5) is 10.8. The van der Waals surface area contributed by atoms with Crippen molar-refractivity contribution < 1.29 is 9.90 Å². The molecule has 1 aromatic heterocycles. The topological polar surface area (TPSA) is 81.5 Å². The number of nitrogens with zero attached hydrogens (tertiary/aromatic N) is 2. The number of benzene rings is 2. The van der Waals surface area contributed by atoms with Crippen molar-refractivity contribution in [2.24, 2.45) is 5.10 Å². The van der Waals surface area contributed by atoms with Gasteiger partial charge in [-0.2, -0.15) is 5.10 Å². The zero-order chi connectivity index (χ0) is 18.4. The molecule has 3 aromatic rings. The Morgan fingerprint density at radius 1 is 1.04 bits per heavy atom. The van der Waals surface area contributed by atoms with Gasteiger partial charge in [0.2, 0.25) is 0 Å². The molecule has 3 rings (SSSR count). The molecule has 0 unspecified atom stereocenters. The van der Waals surface area contributed by atoms with Crippen LogP contribution in [0.2, 0.25) is 0 Å². The van der Waals surface area contributed by atoms with Gasteiger partial charge in [-0.3, -0.25) is 5.43 Å². The molecule has 0 saturated carbocycles. The van der Waals surface area contributed by atoms with E-state index in [9.17, 15) is 9.90 Å². The number of carboxylic acids is 1. The Morgan fingerprint density at radius 3 is 2.46 bits per heavy atom. The lowest BCUT2D eigenvalue weighted by atomic mass is 10.2. The molecule has 0 bridgehead atoms. The van der Waals surface area contributed by atoms with Crippen LogP contribution in [0.5, 0.6) is 0 Å². The lowest BCUT2D eigenvalue weighted by Crippen LogP contribution is -2.23. The largest absolute Gasteiger partial charge is 0.545 e. The molecule has 0 aliphatic heterocycles. The quantitative estimate of drug-likeness (QED) is 0.412. The Labute approximate surface area is 155 Å². The Balaban J connectivity index is 1.66. The third-order valence-electron chi connectivity index (χ3n) is 3.56. The standard InChI is InChI=1S/C19H16N4O2S/c24-18(25)14-8-10-16(11-9-14)23-12-4-7-17(23)13-20-22-19(26)21-15-5-2-1-3-6-15/h1-13H,(H,24,25)(H2,21,22,26)/p-1/b20-13-. The van der Waals surface area contributed by atoms with Gasteiger partial charge >= 0.3 is 0 Å². The summed E-state index contributed by atoms with van der Waals surface area (Å²) >= 11 is 5.19. The number of anilines is 1. The molecule has 0 radical (unpaired) electrons. The molecular weight excluding hydrogens is 348 g/mol. The van der Waals surface area contributed by atoms with Crippen LogP contribution in [0.4, 0.5) is 5.69 Å². The van der Waals surface area contributed by atoms with E-state index in [2.05, 4.69) is 15.8 Å². The van der Waals surface area contributed by atoms with Crippen LogP contribution in [0.3, 0.4) is 0 Å². The van der Waals surface area contributed by atoms with Crippen molar-refractivity contribution in [3.63, 3.8) is 0 Å². The molecule has 130 valence electrons. The van der Waals surface area contributed by atoms with E-state index in [0.29, 0.717) is 5.11 Å². The monoisotopic (exact) mass is 363 g/mol. The summed E-state index contributed by atoms with van der Waals surface area (Å²) < 4.78 is 1.87. The molecular formula is C19H15N4O2S-. The maximum absolute atomic E-state index is 10.8. The minimum atomic E-state index is -1.20. The van der Waals surface area contributed by atoms with Gasteiger partial charge in [-0.1, -0.05) is 30.3 Å². The van der Waals surface area contributed by atoms with E-state index in [-0.39, 0.29) is 5.56 Å². The summed E-state index contributed by atoms with van der Waals surface area (Å²) in [5.74, 6) is -1.20. The zero-order valence-corrected chi connectivity index (χ0v) is 14.4. The first-order valence-corrected chi connectivity index (χ1v) is 8.18. The van der Waals surface area contributed by atoms with Gasteiger partial charge in [0.1, 0.15) is 0 Å². The first-order chi connectivity index (χ1) is 12.6. The second kappa shape index (κ2) is 8.09. The first-order valence-electron chi connectivity index (χ1n) is 7.78. The van der Waals surface area contributed by atoms with Crippen molar-refractivity contribution in [2.75, 3.05) is 5.32 Å². The normalized spacial score (nSPS) is 10.6. The first kappa shape index (κ1) is 17.4. The van der Waals surface area contributed by atoms with E-state index in [0.717, 1.165) is 17.1 Å². The van der Waals surface area contributed by atoms with Gasteiger partial charge < -0.3 is 19.8 Å². The molecule has 0 aliphatic rings. The van der Waals surface area contributed by atoms with Crippen LogP contribution in [-0.2, 0) is 0 Å². The summed E-state index contributed by atoms with van der Waals surface area (Å²) in [6.45, 7) is 0. The molecule has 7 heteroatoms. The Morgan fingerprint density at radius 2 is 1.77 bits per heavy atom. The van der Waals surface area contributed by atoms with Crippen molar-refractivity contribution in [2.45, 2.75) is 0 Å². The SMILES string of the molecule is O=C([O-])c1ccc(-n2cccc2/C=N\NC(=S)Nc2ccccc2)cc1. The molecule has 1 heterocycles. The molecule has 2 N–H and O–H groups in total. The maximum Gasteiger partial charge on any atom is 0.191 e. The minimum absolute atomic E-state index is 0.134. The van der Waals surface area contributed by atoms with E-state index in [4.69, 9.17) is 12.2 Å². The molecule has 26 heavy (non-hydrogen) atoms. The fraction of sp³-hybridized carbons (Fsp3) is 0. The number of aromatic carboxylic acids is 1. The summed E-state index contributed by atoms with van der Waals surface area (Å²) in [6, 6.07) is 19.7. The number of carboxylic acid groups (broad SMARTS) is 1. The molecule has 0 atom stereocenters. The van der Waals surface area contributed by atoms with Crippen molar-refractivity contribution >= 4 is 35.2 Å². The highest BCUT2D eigenvalue weighted by atomic mass is 32.1. The number of carbonyl (C=O) groups is 1. The van der Waals surface area contributed by atoms with Crippen LogP contribution >= 0.6 is 12.2 Å². The average molecular weight is 363 g/mol. The van der Waals surface area contributed by atoms with Gasteiger partial charge in [0.25, 0.3) is 0 Å². The van der Waals surface area contributed by atoms with Gasteiger partial charge in [-0.25, -0.2) is 0 Å². The lowest BCUT2D eigenvalue weighted by molar-refractivity contribution is -0.255. The number of thiocarbonyl (C=S) groups is 1. The van der Waals surface area contributed by atoms with Crippen LogP contribution in [0.25, 0.3) is 5.69 Å². The molecule has 6 nitrogen and oxygen atoms in total. The summed E-state index contributed by atoms with van der Waals surface area (Å²) in [5.41, 5.74) is 5.39. The molecule has 0 spiro atoms. The lowest BCUT2D eigenvalue weighted by Gasteiger charge is -2.09. The van der Waals surface area contributed by atoms with Gasteiger partial charge in [-0.15, -0.1) is 0 Å². The van der Waals surface area contributed by atoms with Crippen molar-refractivity contribution in [1.82, 2.24) is 9.99 Å². The second-order valence-corrected chi connectivity index (χ2v) is 5.74. The van der Waals surface area contributed by atoms with E-state index in [1.165, 1.54) is 12.1 Å². The van der Waals surface area contributed by atoms with Crippen LogP contribution in [0.1, 0.15) is 16.1 Å². The second-order valence-electron chi connectivity index (χ2n) is 5.33. The van der Waals surface area contributed by atoms with E-state index < -0.39 is 5.97 Å². The van der Waals surface area contributed by atoms with E-state index in [1.807, 2.05) is 53.2 Å². The number of rotatable bonds is 5. The van der Waals surface area contributed by atoms with Crippen LogP contribution < -0.4 is 15.8 Å². The number of nitrogens with one attached hydrogen (secondary N) is 2. The molecule has 0 amide bonds. The maximum atomic E-state index is 10.8. The summed E-state index contributed by atoms with van der Waals surface area (Å²) in [6.07, 6.45) is 3.49.